The van der Waals surface area contributed by atoms with Gasteiger partial charge in [0.2, 0.25) is 0 Å². The van der Waals surface area contributed by atoms with Crippen LogP contribution in [0.1, 0.15) is 0 Å². The van der Waals surface area contributed by atoms with Gasteiger partial charge in [-0.15, -0.1) is 0 Å². The summed E-state index contributed by atoms with van der Waals surface area (Å²) in [5.41, 5.74) is 0. The van der Waals surface area contributed by atoms with E-state index in [1.807, 2.05) is 0 Å². The zero-order chi connectivity index (χ0) is 10.2. The first-order valence-electron chi connectivity index (χ1n) is 2.18. The Morgan fingerprint density at radius 3 is 1.25 bits per heavy atom. The lowest BCUT2D eigenvalue weighted by Crippen LogP contribution is -2.52. The van der Waals surface area contributed by atoms with Crippen LogP contribution >= 0.6 is 16.3 Å². The number of rotatable bonds is 2. The van der Waals surface area contributed by atoms with Gasteiger partial charge >= 0.3 is 18.2 Å². The van der Waals surface area contributed by atoms with Crippen LogP contribution in [0, 0.1) is 0 Å². The quantitative estimate of drug-likeness (QED) is 0.697. The van der Waals surface area contributed by atoms with Gasteiger partial charge in [-0.2, -0.15) is 30.7 Å². The fourth-order valence-corrected chi connectivity index (χ4v) is 0.417. The second kappa shape index (κ2) is 3.02. The molecule has 12 heavy (non-hydrogen) atoms. The highest BCUT2D eigenvalue weighted by Gasteiger charge is 2.74. The molecule has 9 heteroatoms. The van der Waals surface area contributed by atoms with Crippen molar-refractivity contribution in [3.63, 3.8) is 0 Å². The van der Waals surface area contributed by atoms with E-state index in [9.17, 15) is 30.7 Å². The predicted octanol–water partition coefficient (Wildman–Crippen LogP) is 3.10. The van der Waals surface area contributed by atoms with Crippen molar-refractivity contribution < 1.29 is 34.6 Å². The van der Waals surface area contributed by atoms with Crippen molar-refractivity contribution in [2.24, 2.45) is 0 Å². The Bertz CT molecular complexity index is 163. The SMILES string of the molecule is FC(F)(F)C(F)(F)C(F)(F)OBr. The third-order valence-corrected chi connectivity index (χ3v) is 1.23. The lowest BCUT2D eigenvalue weighted by atomic mass is 10.3. The maximum Gasteiger partial charge on any atom is 0.462 e. The molecule has 0 aromatic heterocycles. The summed E-state index contributed by atoms with van der Waals surface area (Å²) < 4.78 is 82.8. The van der Waals surface area contributed by atoms with Crippen molar-refractivity contribution >= 4 is 16.3 Å². The zero-order valence-corrected chi connectivity index (χ0v) is 6.52. The fraction of sp³-hybridized carbons (Fsp3) is 1.00. The van der Waals surface area contributed by atoms with E-state index in [4.69, 9.17) is 0 Å². The van der Waals surface area contributed by atoms with Crippen LogP contribution in [0.25, 0.3) is 0 Å². The maximum atomic E-state index is 11.7. The van der Waals surface area contributed by atoms with E-state index in [0.717, 1.165) is 0 Å². The van der Waals surface area contributed by atoms with Crippen molar-refractivity contribution in [2.75, 3.05) is 0 Å². The number of hydrogen-bond donors (Lipinski definition) is 0. The molecule has 0 saturated carbocycles. The first-order valence-corrected chi connectivity index (χ1v) is 2.83. The van der Waals surface area contributed by atoms with Gasteiger partial charge in [0.25, 0.3) is 0 Å². The van der Waals surface area contributed by atoms with Crippen molar-refractivity contribution in [3.8, 4) is 0 Å². The highest BCUT2D eigenvalue weighted by molar-refractivity contribution is 9.06. The number of hydrogen-bond acceptors (Lipinski definition) is 1. The largest absolute Gasteiger partial charge is 0.462 e. The molecule has 0 bridgehead atoms. The molecule has 74 valence electrons. The second-order valence-electron chi connectivity index (χ2n) is 1.67. The molecule has 0 saturated heterocycles. The van der Waals surface area contributed by atoms with Crippen LogP contribution in [0.4, 0.5) is 30.7 Å². The minimum atomic E-state index is -6.36. The first-order chi connectivity index (χ1) is 5.06. The summed E-state index contributed by atoms with van der Waals surface area (Å²) >= 11 is 1.37. The topological polar surface area (TPSA) is 9.23 Å². The third kappa shape index (κ3) is 1.82. The summed E-state index contributed by atoms with van der Waals surface area (Å²) in [6.45, 7) is 0. The van der Waals surface area contributed by atoms with E-state index in [1.165, 1.54) is 16.3 Å². The van der Waals surface area contributed by atoms with Gasteiger partial charge in [-0.3, -0.25) is 0 Å². The van der Waals surface area contributed by atoms with E-state index in [-0.39, 0.29) is 0 Å². The molecular formula is C3BrF7O. The van der Waals surface area contributed by atoms with E-state index in [1.54, 1.807) is 0 Å². The van der Waals surface area contributed by atoms with E-state index >= 15 is 0 Å². The van der Waals surface area contributed by atoms with Crippen LogP contribution in [-0.4, -0.2) is 18.2 Å². The average Bonchev–Trinajstić information content (AvgIpc) is 1.85. The van der Waals surface area contributed by atoms with Crippen LogP contribution < -0.4 is 0 Å². The summed E-state index contributed by atoms with van der Waals surface area (Å²) in [4.78, 5) is 0. The lowest BCUT2D eigenvalue weighted by molar-refractivity contribution is -0.398. The normalized spacial score (nSPS) is 15.0. The van der Waals surface area contributed by atoms with Gasteiger partial charge in [0.1, 0.15) is 16.3 Å². The molecule has 0 aliphatic rings. The molecule has 0 fully saturated rings. The van der Waals surface area contributed by atoms with Crippen LogP contribution in [0.15, 0.2) is 0 Å². The highest BCUT2D eigenvalue weighted by atomic mass is 79.9. The molecule has 0 N–H and O–H groups in total. The standard InChI is InChI=1S/C3BrF7O/c4-12-3(10,11)1(5,6)2(7,8)9. The molecule has 0 aromatic rings. The van der Waals surface area contributed by atoms with Crippen molar-refractivity contribution in [1.82, 2.24) is 0 Å². The first kappa shape index (κ1) is 11.9. The van der Waals surface area contributed by atoms with Crippen molar-refractivity contribution in [3.05, 3.63) is 0 Å². The fourth-order valence-electron chi connectivity index (χ4n) is 0.213. The van der Waals surface area contributed by atoms with Gasteiger partial charge in [-0.1, -0.05) is 0 Å². The summed E-state index contributed by atoms with van der Waals surface area (Å²) in [5.74, 6) is -6.22. The van der Waals surface area contributed by atoms with Gasteiger partial charge in [0.15, 0.2) is 0 Å². The van der Waals surface area contributed by atoms with Crippen molar-refractivity contribution in [2.45, 2.75) is 18.2 Å². The molecule has 0 rings (SSSR count). The molecule has 0 aliphatic carbocycles. The molecule has 0 aromatic carbocycles. The molecular weight excluding hydrogens is 265 g/mol. The van der Waals surface area contributed by atoms with Crippen LogP contribution in [0.2, 0.25) is 0 Å². The smallest absolute Gasteiger partial charge is 0.235 e. The predicted molar refractivity (Wildman–Crippen MR) is 26.0 cm³/mol. The minimum absolute atomic E-state index is 1.37. The lowest BCUT2D eigenvalue weighted by Gasteiger charge is -2.24. The van der Waals surface area contributed by atoms with Gasteiger partial charge in [-0.05, 0) is 0 Å². The molecule has 0 unspecified atom stereocenters. The zero-order valence-electron chi connectivity index (χ0n) is 4.93. The van der Waals surface area contributed by atoms with E-state index in [0.29, 0.717) is 0 Å². The molecule has 0 aliphatic heterocycles. The average molecular weight is 265 g/mol. The molecule has 0 radical (unpaired) electrons. The van der Waals surface area contributed by atoms with Crippen molar-refractivity contribution in [1.29, 1.82) is 0 Å². The highest BCUT2D eigenvalue weighted by Crippen LogP contribution is 2.47. The Morgan fingerprint density at radius 2 is 1.17 bits per heavy atom. The van der Waals surface area contributed by atoms with Crippen LogP contribution in [0.3, 0.4) is 0 Å². The van der Waals surface area contributed by atoms with Crippen LogP contribution in [0.5, 0.6) is 0 Å². The van der Waals surface area contributed by atoms with Gasteiger partial charge in [0, 0.05) is 0 Å². The molecule has 0 heterocycles. The minimum Gasteiger partial charge on any atom is -0.235 e. The van der Waals surface area contributed by atoms with Gasteiger partial charge in [-0.25, -0.2) is 3.83 Å². The Kier molecular flexibility index (Phi) is 3.01. The number of alkyl halides is 7. The summed E-state index contributed by atoms with van der Waals surface area (Å²) in [5, 5.41) is 0. The second-order valence-corrected chi connectivity index (χ2v) is 1.99. The summed E-state index contributed by atoms with van der Waals surface area (Å²) in [6.07, 6.45) is -12.0. The Balaban J connectivity index is 4.85. The Hall–Kier alpha value is -0.0500. The summed E-state index contributed by atoms with van der Waals surface area (Å²) in [6, 6.07) is 0. The molecule has 0 amide bonds. The van der Waals surface area contributed by atoms with Gasteiger partial charge < -0.3 is 0 Å². The molecule has 0 atom stereocenters. The maximum absolute atomic E-state index is 11.7. The molecule has 1 nitrogen and oxygen atoms in total. The molecule has 0 spiro atoms. The van der Waals surface area contributed by atoms with E-state index in [2.05, 4.69) is 3.83 Å². The van der Waals surface area contributed by atoms with Gasteiger partial charge in [0.05, 0.1) is 0 Å². The summed E-state index contributed by atoms with van der Waals surface area (Å²) in [7, 11) is 0. The number of halogens is 8. The van der Waals surface area contributed by atoms with E-state index < -0.39 is 18.2 Å². The monoisotopic (exact) mass is 264 g/mol. The Labute approximate surface area is 69.9 Å². The Morgan fingerprint density at radius 1 is 0.833 bits per heavy atom. The third-order valence-electron chi connectivity index (χ3n) is 0.818. The van der Waals surface area contributed by atoms with Crippen LogP contribution in [-0.2, 0) is 3.83 Å².